The van der Waals surface area contributed by atoms with Gasteiger partial charge in [-0.2, -0.15) is 5.26 Å². The molecule has 0 aliphatic rings. The third-order valence-corrected chi connectivity index (χ3v) is 1.62. The molecule has 0 bridgehead atoms. The molecule has 2 aromatic rings. The van der Waals surface area contributed by atoms with Gasteiger partial charge in [-0.25, -0.2) is 4.98 Å². The van der Waals surface area contributed by atoms with Crippen LogP contribution in [0.4, 0.5) is 0 Å². The minimum absolute atomic E-state index is 0.348. The zero-order chi connectivity index (χ0) is 8.39. The fraction of sp³-hybridized carbons (Fsp3) is 0.111. The molecule has 0 radical (unpaired) electrons. The van der Waals surface area contributed by atoms with Crippen LogP contribution in [0.3, 0.4) is 0 Å². The Morgan fingerprint density at radius 1 is 1.42 bits per heavy atom. The van der Waals surface area contributed by atoms with E-state index in [0.29, 0.717) is 6.42 Å². The number of aromatic nitrogens is 1. The summed E-state index contributed by atoms with van der Waals surface area (Å²) in [5.74, 6) is 0. The van der Waals surface area contributed by atoms with Crippen molar-refractivity contribution in [1.29, 1.82) is 5.26 Å². The first-order valence-corrected chi connectivity index (χ1v) is 3.60. The van der Waals surface area contributed by atoms with Gasteiger partial charge < -0.3 is 4.42 Å². The molecule has 0 spiro atoms. The summed E-state index contributed by atoms with van der Waals surface area (Å²) < 4.78 is 5.11. The Bertz CT molecular complexity index is 439. The van der Waals surface area contributed by atoms with Gasteiger partial charge in [0.05, 0.1) is 24.4 Å². The quantitative estimate of drug-likeness (QED) is 0.636. The number of hydrogen-bond donors (Lipinski definition) is 0. The Morgan fingerprint density at radius 2 is 2.33 bits per heavy atom. The lowest BCUT2D eigenvalue weighted by Crippen LogP contribution is -1.85. The van der Waals surface area contributed by atoms with Gasteiger partial charge in [0.25, 0.3) is 0 Å². The van der Waals surface area contributed by atoms with Crippen LogP contribution in [-0.2, 0) is 6.42 Å². The van der Waals surface area contributed by atoms with Gasteiger partial charge in [0, 0.05) is 6.07 Å². The molecular weight excluding hydrogens is 152 g/mol. The van der Waals surface area contributed by atoms with Gasteiger partial charge in [-0.3, -0.25) is 0 Å². The number of fused-ring (bicyclic) bond motifs is 1. The van der Waals surface area contributed by atoms with Crippen molar-refractivity contribution in [1.82, 2.24) is 4.98 Å². The highest BCUT2D eigenvalue weighted by molar-refractivity contribution is 5.72. The normalized spacial score (nSPS) is 9.92. The maximum atomic E-state index is 8.43. The first kappa shape index (κ1) is 6.86. The average molecular weight is 158 g/mol. The monoisotopic (exact) mass is 158 g/mol. The fourth-order valence-corrected chi connectivity index (χ4v) is 1.07. The molecule has 2 aromatic heterocycles. The average Bonchev–Trinajstić information content (AvgIpc) is 2.51. The molecule has 0 saturated heterocycles. The van der Waals surface area contributed by atoms with E-state index in [1.54, 1.807) is 18.4 Å². The lowest BCUT2D eigenvalue weighted by Gasteiger charge is -1.91. The minimum Gasteiger partial charge on any atom is -0.463 e. The fourth-order valence-electron chi connectivity index (χ4n) is 1.07. The van der Waals surface area contributed by atoms with Gasteiger partial charge in [0.2, 0.25) is 0 Å². The molecule has 0 amide bonds. The summed E-state index contributed by atoms with van der Waals surface area (Å²) in [5, 5.41) is 8.43. The van der Waals surface area contributed by atoms with E-state index in [9.17, 15) is 0 Å². The minimum atomic E-state index is 0.348. The van der Waals surface area contributed by atoms with Crippen LogP contribution in [0.2, 0.25) is 0 Å². The predicted octanol–water partition coefficient (Wildman–Crippen LogP) is 1.89. The van der Waals surface area contributed by atoms with Gasteiger partial charge in [0.15, 0.2) is 5.58 Å². The van der Waals surface area contributed by atoms with E-state index in [0.717, 1.165) is 16.8 Å². The summed E-state index contributed by atoms with van der Waals surface area (Å²) >= 11 is 0. The van der Waals surface area contributed by atoms with Crippen molar-refractivity contribution >= 4 is 11.1 Å². The first-order valence-electron chi connectivity index (χ1n) is 3.60. The first-order chi connectivity index (χ1) is 5.90. The van der Waals surface area contributed by atoms with Crippen LogP contribution in [0.1, 0.15) is 5.69 Å². The van der Waals surface area contributed by atoms with Crippen molar-refractivity contribution in [3.05, 3.63) is 30.2 Å². The van der Waals surface area contributed by atoms with E-state index in [2.05, 4.69) is 4.98 Å². The van der Waals surface area contributed by atoms with Crippen LogP contribution in [0.15, 0.2) is 28.9 Å². The smallest absolute Gasteiger partial charge is 0.152 e. The highest BCUT2D eigenvalue weighted by Gasteiger charge is 1.98. The third kappa shape index (κ3) is 1.04. The Labute approximate surface area is 69.2 Å². The van der Waals surface area contributed by atoms with Crippen molar-refractivity contribution in [2.24, 2.45) is 0 Å². The largest absolute Gasteiger partial charge is 0.463 e. The second-order valence-electron chi connectivity index (χ2n) is 2.44. The third-order valence-electron chi connectivity index (χ3n) is 1.62. The van der Waals surface area contributed by atoms with Gasteiger partial charge >= 0.3 is 0 Å². The lowest BCUT2D eigenvalue weighted by atomic mass is 10.3. The molecule has 0 fully saturated rings. The molecule has 0 unspecified atom stereocenters. The number of furan rings is 1. The van der Waals surface area contributed by atoms with Crippen molar-refractivity contribution in [3.8, 4) is 6.07 Å². The van der Waals surface area contributed by atoms with E-state index in [1.807, 2.05) is 12.1 Å². The Kier molecular flexibility index (Phi) is 1.52. The zero-order valence-corrected chi connectivity index (χ0v) is 6.32. The van der Waals surface area contributed by atoms with E-state index in [-0.39, 0.29) is 0 Å². The van der Waals surface area contributed by atoms with Gasteiger partial charge in [-0.1, -0.05) is 0 Å². The molecule has 12 heavy (non-hydrogen) atoms. The molecule has 0 N–H and O–H groups in total. The summed E-state index contributed by atoms with van der Waals surface area (Å²) in [5.41, 5.74) is 2.35. The van der Waals surface area contributed by atoms with Crippen molar-refractivity contribution < 1.29 is 4.42 Å². The van der Waals surface area contributed by atoms with Crippen molar-refractivity contribution in [2.45, 2.75) is 6.42 Å². The Balaban J connectivity index is 2.54. The number of nitrogens with zero attached hydrogens (tertiary/aromatic N) is 2. The molecule has 58 valence electrons. The van der Waals surface area contributed by atoms with Crippen LogP contribution in [0.5, 0.6) is 0 Å². The van der Waals surface area contributed by atoms with Crippen LogP contribution >= 0.6 is 0 Å². The number of nitriles is 1. The highest BCUT2D eigenvalue weighted by atomic mass is 16.3. The van der Waals surface area contributed by atoms with Gasteiger partial charge in [0.1, 0.15) is 5.52 Å². The molecule has 3 nitrogen and oxygen atoms in total. The van der Waals surface area contributed by atoms with Gasteiger partial charge in [-0.15, -0.1) is 0 Å². The van der Waals surface area contributed by atoms with E-state index in [4.69, 9.17) is 9.68 Å². The molecule has 0 atom stereocenters. The highest BCUT2D eigenvalue weighted by Crippen LogP contribution is 2.12. The summed E-state index contributed by atoms with van der Waals surface area (Å²) in [6.45, 7) is 0. The molecule has 0 saturated carbocycles. The lowest BCUT2D eigenvalue weighted by molar-refractivity contribution is 0.615. The second kappa shape index (κ2) is 2.67. The van der Waals surface area contributed by atoms with Crippen LogP contribution in [0, 0.1) is 11.3 Å². The molecule has 0 aliphatic carbocycles. The Hall–Kier alpha value is -1.82. The number of rotatable bonds is 1. The molecular formula is C9H6N2O. The molecule has 0 aliphatic heterocycles. The molecule has 2 heterocycles. The van der Waals surface area contributed by atoms with E-state index >= 15 is 0 Å². The maximum absolute atomic E-state index is 8.43. The summed E-state index contributed by atoms with van der Waals surface area (Å²) in [4.78, 5) is 4.21. The van der Waals surface area contributed by atoms with Crippen LogP contribution < -0.4 is 0 Å². The Morgan fingerprint density at radius 3 is 3.17 bits per heavy atom. The summed E-state index contributed by atoms with van der Waals surface area (Å²) in [6, 6.07) is 7.46. The molecule has 2 rings (SSSR count). The maximum Gasteiger partial charge on any atom is 0.152 e. The SMILES string of the molecule is N#CCc1ccc2occc2n1. The summed E-state index contributed by atoms with van der Waals surface area (Å²) in [7, 11) is 0. The predicted molar refractivity (Wildman–Crippen MR) is 43.3 cm³/mol. The summed E-state index contributed by atoms with van der Waals surface area (Å²) in [6.07, 6.45) is 1.94. The van der Waals surface area contributed by atoms with Crippen LogP contribution in [-0.4, -0.2) is 4.98 Å². The van der Waals surface area contributed by atoms with Gasteiger partial charge in [-0.05, 0) is 12.1 Å². The molecule has 0 aromatic carbocycles. The number of pyridine rings is 1. The molecule has 3 heteroatoms. The second-order valence-corrected chi connectivity index (χ2v) is 2.44. The van der Waals surface area contributed by atoms with E-state index < -0.39 is 0 Å². The van der Waals surface area contributed by atoms with Crippen LogP contribution in [0.25, 0.3) is 11.1 Å². The zero-order valence-electron chi connectivity index (χ0n) is 6.32. The van der Waals surface area contributed by atoms with E-state index in [1.165, 1.54) is 0 Å². The number of hydrogen-bond acceptors (Lipinski definition) is 3. The van der Waals surface area contributed by atoms with Crippen molar-refractivity contribution in [2.75, 3.05) is 0 Å². The topological polar surface area (TPSA) is 49.8 Å². The standard InChI is InChI=1S/C9H6N2O/c10-5-3-7-1-2-9-8(11-7)4-6-12-9/h1-2,4,6H,3H2. The van der Waals surface area contributed by atoms with Crippen molar-refractivity contribution in [3.63, 3.8) is 0 Å².